The zero-order valence-electron chi connectivity index (χ0n) is 13.4. The van der Waals surface area contributed by atoms with Gasteiger partial charge in [-0.1, -0.05) is 6.07 Å². The Morgan fingerprint density at radius 1 is 1.16 bits per heavy atom. The van der Waals surface area contributed by atoms with Crippen LogP contribution in [-0.2, 0) is 16.4 Å². The fourth-order valence-electron chi connectivity index (χ4n) is 2.76. The van der Waals surface area contributed by atoms with E-state index < -0.39 is 10.0 Å². The van der Waals surface area contributed by atoms with Gasteiger partial charge in [0, 0.05) is 25.2 Å². The maximum Gasteiger partial charge on any atom is 0.240 e. The first-order valence-electron chi connectivity index (χ1n) is 7.94. The summed E-state index contributed by atoms with van der Waals surface area (Å²) in [5, 5.41) is 0. The summed E-state index contributed by atoms with van der Waals surface area (Å²) in [6, 6.07) is 10.5. The number of benzene rings is 1. The number of aromatic nitrogens is 2. The van der Waals surface area contributed by atoms with Gasteiger partial charge in [-0.3, -0.25) is 0 Å². The zero-order valence-corrected chi connectivity index (χ0v) is 14.2. The molecule has 130 valence electrons. The van der Waals surface area contributed by atoms with Crippen molar-refractivity contribution in [2.75, 3.05) is 13.3 Å². The molecule has 0 spiro atoms. The Bertz CT molecular complexity index is 1010. The molecule has 0 aliphatic carbocycles. The van der Waals surface area contributed by atoms with Gasteiger partial charge in [-0.2, -0.15) is 0 Å². The van der Waals surface area contributed by atoms with Gasteiger partial charge in [-0.25, -0.2) is 18.1 Å². The molecular weight excluding hydrogens is 342 g/mol. The van der Waals surface area contributed by atoms with E-state index in [9.17, 15) is 8.42 Å². The summed E-state index contributed by atoms with van der Waals surface area (Å²) in [6.45, 7) is 0.447. The molecule has 4 rings (SSSR count). The van der Waals surface area contributed by atoms with Crippen LogP contribution in [0.2, 0.25) is 0 Å². The molecule has 0 radical (unpaired) electrons. The third kappa shape index (κ3) is 3.18. The van der Waals surface area contributed by atoms with Crippen molar-refractivity contribution in [2.24, 2.45) is 0 Å². The highest BCUT2D eigenvalue weighted by Crippen LogP contribution is 2.33. The molecule has 8 heteroatoms. The summed E-state index contributed by atoms with van der Waals surface area (Å²) in [7, 11) is -3.58. The lowest BCUT2D eigenvalue weighted by molar-refractivity contribution is 0.174. The SMILES string of the molecule is O=S(=O)(NCCCc1ncc2ccccn12)c1ccc2c(c1)OCO2. The fourth-order valence-corrected chi connectivity index (χ4v) is 3.85. The number of rotatable bonds is 6. The molecule has 1 N–H and O–H groups in total. The number of ether oxygens (including phenoxy) is 2. The van der Waals surface area contributed by atoms with Crippen LogP contribution in [-0.4, -0.2) is 31.1 Å². The van der Waals surface area contributed by atoms with Crippen LogP contribution >= 0.6 is 0 Å². The summed E-state index contributed by atoms with van der Waals surface area (Å²) >= 11 is 0. The second-order valence-corrected chi connectivity index (χ2v) is 7.45. The first kappa shape index (κ1) is 15.9. The Morgan fingerprint density at radius 2 is 2.04 bits per heavy atom. The molecule has 1 aliphatic rings. The molecule has 3 heterocycles. The number of nitrogens with one attached hydrogen (secondary N) is 1. The van der Waals surface area contributed by atoms with Crippen molar-refractivity contribution in [2.45, 2.75) is 17.7 Å². The molecule has 0 saturated carbocycles. The van der Waals surface area contributed by atoms with Gasteiger partial charge >= 0.3 is 0 Å². The smallest absolute Gasteiger partial charge is 0.240 e. The van der Waals surface area contributed by atoms with Crippen molar-refractivity contribution in [1.29, 1.82) is 0 Å². The molecule has 0 atom stereocenters. The topological polar surface area (TPSA) is 81.9 Å². The average Bonchev–Trinajstić information content (AvgIpc) is 3.25. The number of hydrogen-bond donors (Lipinski definition) is 1. The molecule has 0 bridgehead atoms. The van der Waals surface area contributed by atoms with Gasteiger partial charge in [-0.05, 0) is 30.7 Å². The molecule has 7 nitrogen and oxygen atoms in total. The van der Waals surface area contributed by atoms with E-state index in [4.69, 9.17) is 9.47 Å². The van der Waals surface area contributed by atoms with Gasteiger partial charge in [-0.15, -0.1) is 0 Å². The van der Waals surface area contributed by atoms with Crippen molar-refractivity contribution >= 4 is 15.5 Å². The van der Waals surface area contributed by atoms with Crippen LogP contribution in [0.3, 0.4) is 0 Å². The van der Waals surface area contributed by atoms with Crippen LogP contribution in [0.4, 0.5) is 0 Å². The van der Waals surface area contributed by atoms with E-state index in [1.165, 1.54) is 12.1 Å². The van der Waals surface area contributed by atoms with Crippen LogP contribution in [0.5, 0.6) is 11.5 Å². The van der Waals surface area contributed by atoms with Crippen molar-refractivity contribution in [3.63, 3.8) is 0 Å². The van der Waals surface area contributed by atoms with E-state index in [1.54, 1.807) is 6.07 Å². The molecule has 25 heavy (non-hydrogen) atoms. The Balaban J connectivity index is 1.37. The van der Waals surface area contributed by atoms with E-state index in [2.05, 4.69) is 9.71 Å². The molecule has 3 aromatic rings. The number of pyridine rings is 1. The maximum absolute atomic E-state index is 12.4. The quantitative estimate of drug-likeness (QED) is 0.681. The molecule has 0 saturated heterocycles. The number of hydrogen-bond acceptors (Lipinski definition) is 5. The largest absolute Gasteiger partial charge is 0.454 e. The van der Waals surface area contributed by atoms with Crippen LogP contribution in [0.25, 0.3) is 5.52 Å². The van der Waals surface area contributed by atoms with Gasteiger partial charge in [0.25, 0.3) is 0 Å². The molecule has 0 amide bonds. The van der Waals surface area contributed by atoms with E-state index in [1.807, 2.05) is 35.0 Å². The predicted octanol–water partition coefficient (Wildman–Crippen LogP) is 1.97. The Kier molecular flexibility index (Phi) is 4.06. The minimum absolute atomic E-state index is 0.116. The first-order chi connectivity index (χ1) is 12.1. The minimum Gasteiger partial charge on any atom is -0.454 e. The summed E-state index contributed by atoms with van der Waals surface area (Å²) in [5.41, 5.74) is 1.03. The number of fused-ring (bicyclic) bond motifs is 2. The second-order valence-electron chi connectivity index (χ2n) is 5.69. The number of sulfonamides is 1. The number of nitrogens with zero attached hydrogens (tertiary/aromatic N) is 2. The molecular formula is C17H17N3O4S. The lowest BCUT2D eigenvalue weighted by Crippen LogP contribution is -2.25. The van der Waals surface area contributed by atoms with Gasteiger partial charge in [0.2, 0.25) is 16.8 Å². The third-order valence-electron chi connectivity index (χ3n) is 4.04. The molecule has 1 aromatic carbocycles. The van der Waals surface area contributed by atoms with Crippen molar-refractivity contribution in [1.82, 2.24) is 14.1 Å². The van der Waals surface area contributed by atoms with Crippen LogP contribution in [0.15, 0.2) is 53.7 Å². The lowest BCUT2D eigenvalue weighted by atomic mass is 10.3. The van der Waals surface area contributed by atoms with Crippen LogP contribution in [0, 0.1) is 0 Å². The Labute approximate surface area is 145 Å². The molecule has 2 aromatic heterocycles. The molecule has 0 unspecified atom stereocenters. The standard InChI is InChI=1S/C17H17N3O4S/c21-25(22,14-6-7-15-16(10-14)24-12-23-15)19-8-3-5-17-18-11-13-4-1-2-9-20(13)17/h1-2,4,6-7,9-11,19H,3,5,8,12H2. The fraction of sp³-hybridized carbons (Fsp3) is 0.235. The Hall–Kier alpha value is -2.58. The van der Waals surface area contributed by atoms with Gasteiger partial charge in [0.15, 0.2) is 11.5 Å². The summed E-state index contributed by atoms with van der Waals surface area (Å²) in [6.07, 6.45) is 5.10. The van der Waals surface area contributed by atoms with Crippen molar-refractivity contribution in [3.05, 3.63) is 54.6 Å². The summed E-state index contributed by atoms with van der Waals surface area (Å²) in [4.78, 5) is 4.55. The Morgan fingerprint density at radius 3 is 2.96 bits per heavy atom. The second kappa shape index (κ2) is 6.38. The minimum atomic E-state index is -3.58. The predicted molar refractivity (Wildman–Crippen MR) is 91.3 cm³/mol. The van der Waals surface area contributed by atoms with Gasteiger partial charge in [0.05, 0.1) is 16.6 Å². The van der Waals surface area contributed by atoms with E-state index >= 15 is 0 Å². The van der Waals surface area contributed by atoms with Crippen LogP contribution < -0.4 is 14.2 Å². The van der Waals surface area contributed by atoms with Gasteiger partial charge < -0.3 is 13.9 Å². The first-order valence-corrected chi connectivity index (χ1v) is 9.42. The summed E-state index contributed by atoms with van der Waals surface area (Å²) in [5.74, 6) is 1.93. The van der Waals surface area contributed by atoms with Gasteiger partial charge in [0.1, 0.15) is 5.82 Å². The number of aryl methyl sites for hydroxylation is 1. The van der Waals surface area contributed by atoms with E-state index in [0.717, 1.165) is 11.3 Å². The monoisotopic (exact) mass is 359 g/mol. The van der Waals surface area contributed by atoms with E-state index in [0.29, 0.717) is 30.9 Å². The maximum atomic E-state index is 12.4. The lowest BCUT2D eigenvalue weighted by Gasteiger charge is -2.07. The molecule has 0 fully saturated rings. The van der Waals surface area contributed by atoms with E-state index in [-0.39, 0.29) is 11.7 Å². The highest BCUT2D eigenvalue weighted by Gasteiger charge is 2.19. The highest BCUT2D eigenvalue weighted by atomic mass is 32.2. The zero-order chi connectivity index (χ0) is 17.3. The van der Waals surface area contributed by atoms with Crippen molar-refractivity contribution < 1.29 is 17.9 Å². The van der Waals surface area contributed by atoms with Crippen LogP contribution in [0.1, 0.15) is 12.2 Å². The molecule has 1 aliphatic heterocycles. The summed E-state index contributed by atoms with van der Waals surface area (Å²) < 4.78 is 39.8. The number of imidazole rings is 1. The average molecular weight is 359 g/mol. The van der Waals surface area contributed by atoms with Crippen molar-refractivity contribution in [3.8, 4) is 11.5 Å². The normalized spacial score (nSPS) is 13.4. The third-order valence-corrected chi connectivity index (χ3v) is 5.50. The highest BCUT2D eigenvalue weighted by molar-refractivity contribution is 7.89.